The molecule has 0 spiro atoms. The minimum Gasteiger partial charge on any atom is -0.493 e. The normalized spacial score (nSPS) is 15.3. The molecule has 244 valence electrons. The highest BCUT2D eigenvalue weighted by molar-refractivity contribution is 8.29. The van der Waals surface area contributed by atoms with E-state index in [2.05, 4.69) is 10.2 Å². The number of nitrogens with zero attached hydrogens (tertiary/aromatic N) is 5. The molecule has 11 nitrogen and oxygen atoms in total. The first-order chi connectivity index (χ1) is 23.4. The lowest BCUT2D eigenvalue weighted by molar-refractivity contribution is 0.0517. The van der Waals surface area contributed by atoms with Gasteiger partial charge in [0.2, 0.25) is 5.17 Å². The van der Waals surface area contributed by atoms with Crippen molar-refractivity contribution in [1.29, 1.82) is 0 Å². The molecule has 4 aromatic rings. The van der Waals surface area contributed by atoms with E-state index in [1.54, 1.807) is 94.9 Å². The minimum absolute atomic E-state index is 0.281. The molecule has 1 saturated heterocycles. The number of amidine groups is 2. The molecule has 0 unspecified atom stereocenters. The van der Waals surface area contributed by atoms with Crippen molar-refractivity contribution in [3.05, 3.63) is 114 Å². The van der Waals surface area contributed by atoms with Gasteiger partial charge in [-0.3, -0.25) is 4.90 Å². The molecule has 5 rings (SSSR count). The van der Waals surface area contributed by atoms with Crippen molar-refractivity contribution < 1.29 is 28.5 Å². The molecule has 0 amide bonds. The Morgan fingerprint density at radius 3 is 1.88 bits per heavy atom. The third kappa shape index (κ3) is 8.15. The molecule has 0 bridgehead atoms. The van der Waals surface area contributed by atoms with E-state index >= 15 is 0 Å². The summed E-state index contributed by atoms with van der Waals surface area (Å²) in [5.41, 5.74) is 3.57. The van der Waals surface area contributed by atoms with Crippen LogP contribution in [0.25, 0.3) is 0 Å². The van der Waals surface area contributed by atoms with Crippen molar-refractivity contribution in [3.63, 3.8) is 0 Å². The lowest BCUT2D eigenvalue weighted by Crippen LogP contribution is -2.30. The molecule has 4 aromatic carbocycles. The maximum atomic E-state index is 12.2. The number of carbonyl (C=O) groups is 2. The minimum atomic E-state index is -0.408. The van der Waals surface area contributed by atoms with Crippen molar-refractivity contribution in [2.75, 3.05) is 32.3 Å². The van der Waals surface area contributed by atoms with Crippen LogP contribution in [0.5, 0.6) is 11.5 Å². The molecule has 48 heavy (non-hydrogen) atoms. The predicted molar refractivity (Wildman–Crippen MR) is 190 cm³/mol. The van der Waals surface area contributed by atoms with E-state index < -0.39 is 11.9 Å². The molecular weight excluding hydrogens is 630 g/mol. The highest BCUT2D eigenvalue weighted by atomic mass is 32.2. The van der Waals surface area contributed by atoms with Gasteiger partial charge in [0.25, 0.3) is 0 Å². The van der Waals surface area contributed by atoms with Gasteiger partial charge in [-0.05, 0) is 110 Å². The summed E-state index contributed by atoms with van der Waals surface area (Å²) in [6, 6.07) is 28.7. The van der Waals surface area contributed by atoms with Crippen LogP contribution >= 0.6 is 11.8 Å². The molecule has 0 N–H and O–H groups in total. The van der Waals surface area contributed by atoms with E-state index in [0.717, 1.165) is 11.3 Å². The van der Waals surface area contributed by atoms with Crippen LogP contribution in [-0.2, 0) is 9.47 Å². The smallest absolute Gasteiger partial charge is 0.338 e. The second-order valence-corrected chi connectivity index (χ2v) is 10.9. The zero-order valence-electron chi connectivity index (χ0n) is 26.8. The zero-order valence-corrected chi connectivity index (χ0v) is 27.6. The Morgan fingerprint density at radius 1 is 0.729 bits per heavy atom. The van der Waals surface area contributed by atoms with Crippen molar-refractivity contribution in [3.8, 4) is 11.5 Å². The standard InChI is InChI=1S/C36H33N5O6S/c1-5-46-34(42)25-13-17-27(18-14-25)38-32-33(39-28-19-15-26(16-20-28)35(43)47-6-2)48-36(41(32)29-10-8-7-9-11-29)40-37-23-24-12-21-30(44-3)31(22-24)45-4/h7-23H,5-6H2,1-4H3. The van der Waals surface area contributed by atoms with Gasteiger partial charge in [0, 0.05) is 5.69 Å². The monoisotopic (exact) mass is 663 g/mol. The van der Waals surface area contributed by atoms with Gasteiger partial charge in [-0.2, -0.15) is 5.10 Å². The summed E-state index contributed by atoms with van der Waals surface area (Å²) in [5, 5.41) is 10.0. The molecular formula is C36H33N5O6S. The van der Waals surface area contributed by atoms with Crippen molar-refractivity contribution in [2.24, 2.45) is 20.2 Å². The molecule has 1 fully saturated rings. The maximum absolute atomic E-state index is 12.2. The fourth-order valence-corrected chi connectivity index (χ4v) is 5.42. The first kappa shape index (κ1) is 33.6. The van der Waals surface area contributed by atoms with Crippen LogP contribution in [0.2, 0.25) is 0 Å². The van der Waals surface area contributed by atoms with Crippen molar-refractivity contribution >= 4 is 63.0 Å². The van der Waals surface area contributed by atoms with Crippen LogP contribution in [-0.4, -0.2) is 61.6 Å². The highest BCUT2D eigenvalue weighted by Crippen LogP contribution is 2.33. The SMILES string of the molecule is CCOC(=O)c1ccc(N=C2SC(=NN=Cc3ccc(OC)c(OC)c3)N(c3ccccc3)C2=Nc2ccc(C(=O)OCC)cc2)cc1. The van der Waals surface area contributed by atoms with E-state index in [-0.39, 0.29) is 13.2 Å². The Bertz CT molecular complexity index is 1870. The number of aliphatic imine (C=N–C) groups is 2. The summed E-state index contributed by atoms with van der Waals surface area (Å²) in [4.78, 5) is 36.2. The quantitative estimate of drug-likeness (QED) is 0.0920. The average Bonchev–Trinajstić information content (AvgIpc) is 3.44. The van der Waals surface area contributed by atoms with Crippen LogP contribution in [0.3, 0.4) is 0 Å². The van der Waals surface area contributed by atoms with E-state index in [1.807, 2.05) is 41.3 Å². The zero-order chi connectivity index (χ0) is 33.9. The average molecular weight is 664 g/mol. The number of hydrogen-bond acceptors (Lipinski definition) is 11. The van der Waals surface area contributed by atoms with Gasteiger partial charge in [-0.1, -0.05) is 18.2 Å². The summed E-state index contributed by atoms with van der Waals surface area (Å²) in [6.07, 6.45) is 1.62. The predicted octanol–water partition coefficient (Wildman–Crippen LogP) is 7.46. The number of carbonyl (C=O) groups excluding carboxylic acids is 2. The van der Waals surface area contributed by atoms with Gasteiger partial charge < -0.3 is 18.9 Å². The topological polar surface area (TPSA) is 124 Å². The van der Waals surface area contributed by atoms with Gasteiger partial charge in [0.15, 0.2) is 17.3 Å². The van der Waals surface area contributed by atoms with Crippen molar-refractivity contribution in [1.82, 2.24) is 0 Å². The van der Waals surface area contributed by atoms with Gasteiger partial charge in [-0.25, -0.2) is 19.6 Å². The summed E-state index contributed by atoms with van der Waals surface area (Å²) in [6.45, 7) is 4.09. The van der Waals surface area contributed by atoms with E-state index in [9.17, 15) is 9.59 Å². The fraction of sp³-hybridized carbons (Fsp3) is 0.167. The number of anilines is 1. The second-order valence-electron chi connectivity index (χ2n) is 9.90. The third-order valence-corrected chi connectivity index (χ3v) is 7.69. The Labute approximate surface area is 282 Å². The van der Waals surface area contributed by atoms with Gasteiger partial charge in [-0.15, -0.1) is 5.10 Å². The van der Waals surface area contributed by atoms with Crippen LogP contribution < -0.4 is 14.4 Å². The number of esters is 2. The number of ether oxygens (including phenoxy) is 4. The lowest BCUT2D eigenvalue weighted by atomic mass is 10.2. The summed E-state index contributed by atoms with van der Waals surface area (Å²) in [5.74, 6) is 0.855. The van der Waals surface area contributed by atoms with Crippen molar-refractivity contribution in [2.45, 2.75) is 13.8 Å². The number of methoxy groups -OCH3 is 2. The Morgan fingerprint density at radius 2 is 1.31 bits per heavy atom. The largest absolute Gasteiger partial charge is 0.493 e. The number of para-hydroxylation sites is 1. The van der Waals surface area contributed by atoms with Crippen LogP contribution in [0, 0.1) is 0 Å². The first-order valence-corrected chi connectivity index (χ1v) is 15.8. The molecule has 0 saturated carbocycles. The third-order valence-electron chi connectivity index (χ3n) is 6.78. The molecule has 0 aromatic heterocycles. The fourth-order valence-electron chi connectivity index (χ4n) is 4.50. The summed E-state index contributed by atoms with van der Waals surface area (Å²) < 4.78 is 21.0. The second kappa shape index (κ2) is 16.2. The molecule has 1 aliphatic rings. The molecule has 0 aliphatic carbocycles. The van der Waals surface area contributed by atoms with Crippen LogP contribution in [0.4, 0.5) is 17.1 Å². The maximum Gasteiger partial charge on any atom is 0.338 e. The highest BCUT2D eigenvalue weighted by Gasteiger charge is 2.35. The van der Waals surface area contributed by atoms with E-state index in [1.165, 1.54) is 11.8 Å². The van der Waals surface area contributed by atoms with Crippen LogP contribution in [0.15, 0.2) is 117 Å². The molecule has 12 heteroatoms. The Balaban J connectivity index is 1.58. The number of hydrogen-bond donors (Lipinski definition) is 0. The molecule has 0 atom stereocenters. The van der Waals surface area contributed by atoms with Crippen LogP contribution in [0.1, 0.15) is 40.1 Å². The summed E-state index contributed by atoms with van der Waals surface area (Å²) >= 11 is 1.29. The summed E-state index contributed by atoms with van der Waals surface area (Å²) in [7, 11) is 3.15. The number of rotatable bonds is 11. The Kier molecular flexibility index (Phi) is 11.3. The molecule has 1 heterocycles. The number of benzene rings is 4. The van der Waals surface area contributed by atoms with E-state index in [0.29, 0.717) is 50.0 Å². The lowest BCUT2D eigenvalue weighted by Gasteiger charge is -2.17. The molecule has 0 radical (unpaired) electrons. The number of thioether (sulfide) groups is 1. The molecule has 1 aliphatic heterocycles. The first-order valence-electron chi connectivity index (χ1n) is 15.0. The van der Waals surface area contributed by atoms with E-state index in [4.69, 9.17) is 28.9 Å². The van der Waals surface area contributed by atoms with Gasteiger partial charge in [0.05, 0.1) is 56.1 Å². The van der Waals surface area contributed by atoms with Gasteiger partial charge in [0.1, 0.15) is 5.04 Å². The Hall–Kier alpha value is -5.75. The van der Waals surface area contributed by atoms with Gasteiger partial charge >= 0.3 is 11.9 Å².